The maximum Gasteiger partial charge on any atom is 0.431 e. The van der Waals surface area contributed by atoms with Gasteiger partial charge in [0.05, 0.1) is 12.5 Å². The van der Waals surface area contributed by atoms with E-state index in [-0.39, 0.29) is 12.1 Å². The van der Waals surface area contributed by atoms with Gasteiger partial charge in [0.1, 0.15) is 17.9 Å². The Balaban J connectivity index is 2.10. The van der Waals surface area contributed by atoms with E-state index in [1.54, 1.807) is 34.6 Å². The van der Waals surface area contributed by atoms with Gasteiger partial charge in [-0.3, -0.25) is 4.79 Å². The average Bonchev–Trinajstić information content (AvgIpc) is 2.94. The van der Waals surface area contributed by atoms with E-state index in [0.29, 0.717) is 0 Å². The van der Waals surface area contributed by atoms with Crippen LogP contribution < -0.4 is 0 Å². The van der Waals surface area contributed by atoms with Crippen LogP contribution in [0.25, 0.3) is 0 Å². The molecule has 9 heteroatoms. The molecule has 2 atom stereocenters. The lowest BCUT2D eigenvalue weighted by molar-refractivity contribution is -0.152. The predicted octanol–water partition coefficient (Wildman–Crippen LogP) is 4.65. The normalized spacial score (nSPS) is 20.7. The summed E-state index contributed by atoms with van der Waals surface area (Å²) in [6.07, 6.45) is 2.60. The third-order valence-electron chi connectivity index (χ3n) is 5.03. The number of halogens is 4. The van der Waals surface area contributed by atoms with Crippen molar-refractivity contribution in [3.8, 4) is 12.3 Å². The van der Waals surface area contributed by atoms with E-state index in [9.17, 15) is 27.2 Å². The number of terminal acetylenes is 1. The molecule has 0 saturated heterocycles. The Hall–Kier alpha value is -2.76. The van der Waals surface area contributed by atoms with Gasteiger partial charge >= 0.3 is 18.1 Å². The number of hydrogen-bond donors (Lipinski definition) is 0. The fraction of sp³-hybridized carbons (Fsp3) is 0.545. The molecule has 1 aliphatic rings. The molecule has 1 saturated carbocycles. The van der Waals surface area contributed by atoms with Crippen LogP contribution in [0.15, 0.2) is 24.2 Å². The molecule has 0 unspecified atom stereocenters. The quantitative estimate of drug-likeness (QED) is 0.278. The molecule has 0 aliphatic heterocycles. The Morgan fingerprint density at radius 2 is 1.90 bits per heavy atom. The molecule has 1 aromatic rings. The molecule has 1 aromatic heterocycles. The highest BCUT2D eigenvalue weighted by Crippen LogP contribution is 2.60. The second-order valence-electron chi connectivity index (χ2n) is 8.97. The molecule has 0 radical (unpaired) electrons. The Bertz CT molecular complexity index is 929. The smallest absolute Gasteiger partial charge is 0.431 e. The van der Waals surface area contributed by atoms with Crippen molar-refractivity contribution in [2.45, 2.75) is 59.5 Å². The Kier molecular flexibility index (Phi) is 6.64. The molecule has 0 spiro atoms. The molecule has 1 fully saturated rings. The molecule has 0 bridgehead atoms. The first-order valence-electron chi connectivity index (χ1n) is 9.55. The van der Waals surface area contributed by atoms with Crippen molar-refractivity contribution in [1.82, 2.24) is 4.57 Å². The molecule has 0 N–H and O–H groups in total. The van der Waals surface area contributed by atoms with Gasteiger partial charge in [-0.25, -0.2) is 4.79 Å². The van der Waals surface area contributed by atoms with Crippen LogP contribution in [0.2, 0.25) is 0 Å². The van der Waals surface area contributed by atoms with E-state index in [4.69, 9.17) is 15.9 Å². The van der Waals surface area contributed by atoms with Gasteiger partial charge < -0.3 is 14.0 Å². The number of hydrogen-bond acceptors (Lipinski definition) is 4. The Morgan fingerprint density at radius 1 is 1.29 bits per heavy atom. The van der Waals surface area contributed by atoms with Gasteiger partial charge in [-0.15, -0.1) is 6.42 Å². The Labute approximate surface area is 178 Å². The fourth-order valence-corrected chi connectivity index (χ4v) is 3.44. The van der Waals surface area contributed by atoms with Gasteiger partial charge in [0, 0.05) is 11.8 Å². The van der Waals surface area contributed by atoms with Crippen molar-refractivity contribution >= 4 is 11.9 Å². The van der Waals surface area contributed by atoms with Gasteiger partial charge in [-0.05, 0) is 44.2 Å². The van der Waals surface area contributed by atoms with Crippen molar-refractivity contribution in [2.24, 2.45) is 17.3 Å². The van der Waals surface area contributed by atoms with Gasteiger partial charge in [0.2, 0.25) is 5.83 Å². The molecule has 1 heterocycles. The third kappa shape index (κ3) is 5.69. The topological polar surface area (TPSA) is 57.5 Å². The summed E-state index contributed by atoms with van der Waals surface area (Å²) in [5.74, 6) is -2.37. The van der Waals surface area contributed by atoms with Gasteiger partial charge in [0.15, 0.2) is 0 Å². The number of alkyl halides is 3. The first-order valence-corrected chi connectivity index (χ1v) is 9.55. The maximum absolute atomic E-state index is 14.2. The number of allylic oxidation sites excluding steroid dienone is 1. The van der Waals surface area contributed by atoms with E-state index >= 15 is 0 Å². The number of carbonyl (C=O) groups is 2. The second kappa shape index (κ2) is 8.40. The van der Waals surface area contributed by atoms with Crippen LogP contribution in [0.3, 0.4) is 0 Å². The summed E-state index contributed by atoms with van der Waals surface area (Å²) < 4.78 is 65.2. The summed E-state index contributed by atoms with van der Waals surface area (Å²) in [7, 11) is 0. The van der Waals surface area contributed by atoms with E-state index in [1.807, 2.05) is 0 Å². The lowest BCUT2D eigenvalue weighted by Gasteiger charge is -2.18. The molecule has 5 nitrogen and oxygen atoms in total. The molecule has 0 aromatic carbocycles. The molecule has 170 valence electrons. The van der Waals surface area contributed by atoms with Crippen molar-refractivity contribution in [1.29, 1.82) is 0 Å². The van der Waals surface area contributed by atoms with Crippen LogP contribution in [-0.4, -0.2) is 22.1 Å². The van der Waals surface area contributed by atoms with E-state index in [2.05, 4.69) is 5.92 Å². The number of ether oxygens (including phenoxy) is 2. The van der Waals surface area contributed by atoms with Crippen LogP contribution in [0.4, 0.5) is 17.6 Å². The number of rotatable bonds is 6. The Morgan fingerprint density at radius 3 is 2.42 bits per heavy atom. The minimum absolute atomic E-state index is 0.235. The van der Waals surface area contributed by atoms with Crippen LogP contribution in [-0.2, 0) is 38.4 Å². The molecule has 2 rings (SSSR count). The summed E-state index contributed by atoms with van der Waals surface area (Å²) in [6, 6.07) is 1.19. The van der Waals surface area contributed by atoms with Crippen molar-refractivity contribution in [3.63, 3.8) is 0 Å². The van der Waals surface area contributed by atoms with E-state index in [0.717, 1.165) is 10.6 Å². The van der Waals surface area contributed by atoms with Crippen molar-refractivity contribution in [2.75, 3.05) is 0 Å². The van der Waals surface area contributed by atoms with Crippen LogP contribution in [0.1, 0.15) is 45.9 Å². The molecule has 0 amide bonds. The average molecular weight is 443 g/mol. The van der Waals surface area contributed by atoms with Crippen LogP contribution in [0.5, 0.6) is 0 Å². The highest BCUT2D eigenvalue weighted by molar-refractivity contribution is 5.87. The SMILES string of the molecule is C#CCn1ccc(COC(=O)[C@@H]2[C@H](C=C(F)C(=O)OC(C)(C)C)C2(C)C)c1C(F)(F)F. The molecule has 1 aliphatic carbocycles. The lowest BCUT2D eigenvalue weighted by atomic mass is 10.1. The number of nitrogens with zero attached hydrogens (tertiary/aromatic N) is 1. The summed E-state index contributed by atoms with van der Waals surface area (Å²) in [6.45, 7) is 7.22. The molecular formula is C22H25F4NO4. The first-order chi connectivity index (χ1) is 14.1. The van der Waals surface area contributed by atoms with Crippen molar-refractivity contribution < 1.29 is 36.6 Å². The molecular weight excluding hydrogens is 418 g/mol. The summed E-state index contributed by atoms with van der Waals surface area (Å²) in [5.41, 5.74) is -2.83. The van der Waals surface area contributed by atoms with Gasteiger partial charge in [-0.1, -0.05) is 19.8 Å². The van der Waals surface area contributed by atoms with Gasteiger partial charge in [-0.2, -0.15) is 17.6 Å². The zero-order chi connectivity index (χ0) is 23.8. The summed E-state index contributed by atoms with van der Waals surface area (Å²) in [5, 5.41) is 0. The van der Waals surface area contributed by atoms with E-state index < -0.39 is 59.1 Å². The zero-order valence-corrected chi connectivity index (χ0v) is 18.0. The largest absolute Gasteiger partial charge is 0.460 e. The summed E-state index contributed by atoms with van der Waals surface area (Å²) >= 11 is 0. The maximum atomic E-state index is 14.2. The minimum Gasteiger partial charge on any atom is -0.460 e. The standard InChI is InChI=1S/C22H25F4NO4/c1-7-9-27-10-8-13(17(27)22(24,25)26)12-30-19(29)16-14(21(16,5)6)11-15(23)18(28)31-20(2,3)4/h1,8,10-11,14,16H,9,12H2,2-6H3/t14-,16-/m0/s1. The van der Waals surface area contributed by atoms with E-state index in [1.165, 1.54) is 12.3 Å². The highest BCUT2D eigenvalue weighted by Gasteiger charge is 2.62. The third-order valence-corrected chi connectivity index (χ3v) is 5.03. The molecule has 31 heavy (non-hydrogen) atoms. The van der Waals surface area contributed by atoms with Gasteiger partial charge in [0.25, 0.3) is 0 Å². The second-order valence-corrected chi connectivity index (χ2v) is 8.97. The fourth-order valence-electron chi connectivity index (χ4n) is 3.44. The lowest BCUT2D eigenvalue weighted by Crippen LogP contribution is -2.24. The predicted molar refractivity (Wildman–Crippen MR) is 104 cm³/mol. The first kappa shape index (κ1) is 24.5. The number of carbonyl (C=O) groups excluding carboxylic acids is 2. The zero-order valence-electron chi connectivity index (χ0n) is 18.0. The monoisotopic (exact) mass is 443 g/mol. The summed E-state index contributed by atoms with van der Waals surface area (Å²) in [4.78, 5) is 24.3. The van der Waals surface area contributed by atoms with Crippen molar-refractivity contribution in [3.05, 3.63) is 35.4 Å². The minimum atomic E-state index is -4.68. The highest BCUT2D eigenvalue weighted by atomic mass is 19.4. The van der Waals surface area contributed by atoms with Crippen LogP contribution in [0, 0.1) is 29.6 Å². The number of aromatic nitrogens is 1. The number of esters is 2. The van der Waals surface area contributed by atoms with Crippen LogP contribution >= 0.6 is 0 Å².